The normalized spacial score (nSPS) is 19.0. The number of fused-ring (bicyclic) bond motifs is 1. The van der Waals surface area contributed by atoms with Crippen molar-refractivity contribution < 1.29 is 22.7 Å². The van der Waals surface area contributed by atoms with Gasteiger partial charge in [-0.1, -0.05) is 36.4 Å². The van der Waals surface area contributed by atoms with Crippen LogP contribution in [0.3, 0.4) is 0 Å². The number of nitrogens with zero attached hydrogens (tertiary/aromatic N) is 2. The first-order chi connectivity index (χ1) is 15.4. The molecule has 0 aliphatic carbocycles. The molecule has 4 rings (SSSR count). The molecule has 9 heteroatoms. The standard InChI is InChI=1S/C23H27N3O5S/c27-22(24-20-12-17-31-21-9-5-4-8-19(20)21)10-11-23(28)25-13-15-26(16-14-25)32(29,30)18-6-2-1-3-7-18/h1-9,20H,10-17H2,(H,24,27)/t20-/m0/s1. The summed E-state index contributed by atoms with van der Waals surface area (Å²) in [6.07, 6.45) is 0.886. The van der Waals surface area contributed by atoms with Crippen LogP contribution in [0.25, 0.3) is 0 Å². The van der Waals surface area contributed by atoms with Crippen molar-refractivity contribution in [3.05, 3.63) is 60.2 Å². The number of ether oxygens (including phenoxy) is 1. The van der Waals surface area contributed by atoms with Crippen LogP contribution in [0.2, 0.25) is 0 Å². The second kappa shape index (κ2) is 9.70. The Kier molecular flexibility index (Phi) is 6.76. The summed E-state index contributed by atoms with van der Waals surface area (Å²) < 4.78 is 32.5. The molecule has 2 aliphatic rings. The van der Waals surface area contributed by atoms with Gasteiger partial charge in [-0.25, -0.2) is 8.42 Å². The summed E-state index contributed by atoms with van der Waals surface area (Å²) >= 11 is 0. The van der Waals surface area contributed by atoms with E-state index >= 15 is 0 Å². The lowest BCUT2D eigenvalue weighted by Gasteiger charge is -2.34. The zero-order chi connectivity index (χ0) is 22.6. The molecule has 0 saturated carbocycles. The largest absolute Gasteiger partial charge is 0.493 e. The summed E-state index contributed by atoms with van der Waals surface area (Å²) in [6.45, 7) is 1.67. The molecular weight excluding hydrogens is 430 g/mol. The Morgan fingerprint density at radius 3 is 2.38 bits per heavy atom. The van der Waals surface area contributed by atoms with Crippen molar-refractivity contribution in [2.45, 2.75) is 30.2 Å². The monoisotopic (exact) mass is 457 g/mol. The average molecular weight is 458 g/mol. The fraction of sp³-hybridized carbons (Fsp3) is 0.391. The smallest absolute Gasteiger partial charge is 0.243 e. The van der Waals surface area contributed by atoms with E-state index in [0.29, 0.717) is 26.1 Å². The zero-order valence-corrected chi connectivity index (χ0v) is 18.6. The van der Waals surface area contributed by atoms with Crippen molar-refractivity contribution >= 4 is 21.8 Å². The Labute approximate surface area is 188 Å². The summed E-state index contributed by atoms with van der Waals surface area (Å²) in [6, 6.07) is 15.8. The Hall–Kier alpha value is -2.91. The molecule has 0 spiro atoms. The van der Waals surface area contributed by atoms with Gasteiger partial charge < -0.3 is 15.0 Å². The van der Waals surface area contributed by atoms with Gasteiger partial charge in [-0.2, -0.15) is 4.31 Å². The van der Waals surface area contributed by atoms with E-state index in [-0.39, 0.29) is 48.7 Å². The molecule has 1 atom stereocenters. The fourth-order valence-corrected chi connectivity index (χ4v) is 5.50. The number of piperazine rings is 1. The van der Waals surface area contributed by atoms with Crippen LogP contribution in [-0.4, -0.2) is 62.2 Å². The predicted octanol–water partition coefficient (Wildman–Crippen LogP) is 1.94. The van der Waals surface area contributed by atoms with Crippen LogP contribution in [0, 0.1) is 0 Å². The van der Waals surface area contributed by atoms with Crippen LogP contribution >= 0.6 is 0 Å². The molecule has 1 N–H and O–H groups in total. The van der Waals surface area contributed by atoms with E-state index in [1.165, 1.54) is 4.31 Å². The number of benzene rings is 2. The molecule has 2 aromatic carbocycles. The van der Waals surface area contributed by atoms with Crippen molar-refractivity contribution in [3.8, 4) is 5.75 Å². The van der Waals surface area contributed by atoms with Gasteiger partial charge in [0.15, 0.2) is 0 Å². The zero-order valence-electron chi connectivity index (χ0n) is 17.8. The van der Waals surface area contributed by atoms with Crippen molar-refractivity contribution in [1.29, 1.82) is 0 Å². The minimum Gasteiger partial charge on any atom is -0.493 e. The van der Waals surface area contributed by atoms with Gasteiger partial charge in [-0.05, 0) is 18.2 Å². The van der Waals surface area contributed by atoms with Gasteiger partial charge in [0.1, 0.15) is 5.75 Å². The third-order valence-electron chi connectivity index (χ3n) is 5.83. The van der Waals surface area contributed by atoms with E-state index in [9.17, 15) is 18.0 Å². The molecule has 1 saturated heterocycles. The molecule has 2 aromatic rings. The molecule has 2 amide bonds. The number of amides is 2. The highest BCUT2D eigenvalue weighted by molar-refractivity contribution is 7.89. The first-order valence-corrected chi connectivity index (χ1v) is 12.2. The lowest BCUT2D eigenvalue weighted by Crippen LogP contribution is -2.50. The van der Waals surface area contributed by atoms with Crippen molar-refractivity contribution in [1.82, 2.24) is 14.5 Å². The molecule has 2 heterocycles. The highest BCUT2D eigenvalue weighted by Gasteiger charge is 2.30. The van der Waals surface area contributed by atoms with E-state index in [4.69, 9.17) is 4.74 Å². The van der Waals surface area contributed by atoms with Crippen molar-refractivity contribution in [2.75, 3.05) is 32.8 Å². The van der Waals surface area contributed by atoms with Crippen molar-refractivity contribution in [3.63, 3.8) is 0 Å². The molecular formula is C23H27N3O5S. The van der Waals surface area contributed by atoms with E-state index < -0.39 is 10.0 Å². The SMILES string of the molecule is O=C(CCC(=O)N1CCN(S(=O)(=O)c2ccccc2)CC1)N[C@H]1CCOc2ccccc21. The Balaban J connectivity index is 1.25. The number of rotatable bonds is 6. The molecule has 1 fully saturated rings. The van der Waals surface area contributed by atoms with Crippen molar-refractivity contribution in [2.24, 2.45) is 0 Å². The topological polar surface area (TPSA) is 96.0 Å². The van der Waals surface area contributed by atoms with E-state index in [2.05, 4.69) is 5.32 Å². The van der Waals surface area contributed by atoms with Crippen LogP contribution in [0.5, 0.6) is 5.75 Å². The lowest BCUT2D eigenvalue weighted by atomic mass is 10.0. The third kappa shape index (κ3) is 4.94. The van der Waals surface area contributed by atoms with Gasteiger partial charge in [0.25, 0.3) is 0 Å². The Morgan fingerprint density at radius 1 is 0.938 bits per heavy atom. The minimum absolute atomic E-state index is 0.0981. The van der Waals surface area contributed by atoms with E-state index in [1.54, 1.807) is 35.2 Å². The van der Waals surface area contributed by atoms with E-state index in [1.807, 2.05) is 24.3 Å². The second-order valence-electron chi connectivity index (χ2n) is 7.89. The Morgan fingerprint density at radius 2 is 1.62 bits per heavy atom. The number of para-hydroxylation sites is 1. The second-order valence-corrected chi connectivity index (χ2v) is 9.83. The van der Waals surface area contributed by atoms with Gasteiger partial charge in [0, 0.05) is 51.0 Å². The van der Waals surface area contributed by atoms with Gasteiger partial charge >= 0.3 is 0 Å². The van der Waals surface area contributed by atoms with E-state index in [0.717, 1.165) is 11.3 Å². The molecule has 170 valence electrons. The summed E-state index contributed by atoms with van der Waals surface area (Å²) in [5.74, 6) is 0.470. The van der Waals surface area contributed by atoms with Crippen LogP contribution in [0.4, 0.5) is 0 Å². The van der Waals surface area contributed by atoms with Crippen LogP contribution in [-0.2, 0) is 19.6 Å². The highest BCUT2D eigenvalue weighted by Crippen LogP contribution is 2.31. The average Bonchev–Trinajstić information content (AvgIpc) is 2.83. The summed E-state index contributed by atoms with van der Waals surface area (Å²) in [7, 11) is -3.56. The minimum atomic E-state index is -3.56. The van der Waals surface area contributed by atoms with Gasteiger partial charge in [0.2, 0.25) is 21.8 Å². The quantitative estimate of drug-likeness (QED) is 0.715. The Bertz CT molecular complexity index is 1070. The number of carbonyl (C=O) groups is 2. The van der Waals surface area contributed by atoms with Crippen LogP contribution < -0.4 is 10.1 Å². The molecule has 0 aromatic heterocycles. The summed E-state index contributed by atoms with van der Waals surface area (Å²) in [5.41, 5.74) is 0.953. The van der Waals surface area contributed by atoms with Gasteiger partial charge in [0.05, 0.1) is 17.5 Å². The maximum Gasteiger partial charge on any atom is 0.243 e. The van der Waals surface area contributed by atoms with Crippen LogP contribution in [0.15, 0.2) is 59.5 Å². The molecule has 32 heavy (non-hydrogen) atoms. The first-order valence-electron chi connectivity index (χ1n) is 10.8. The number of hydrogen-bond acceptors (Lipinski definition) is 5. The number of hydrogen-bond donors (Lipinski definition) is 1. The molecule has 2 aliphatic heterocycles. The number of sulfonamides is 1. The van der Waals surface area contributed by atoms with Crippen LogP contribution in [0.1, 0.15) is 30.9 Å². The predicted molar refractivity (Wildman–Crippen MR) is 118 cm³/mol. The number of carbonyl (C=O) groups excluding carboxylic acids is 2. The maximum atomic E-state index is 12.7. The first kappa shape index (κ1) is 22.3. The third-order valence-corrected chi connectivity index (χ3v) is 7.74. The van der Waals surface area contributed by atoms with Gasteiger partial charge in [-0.3, -0.25) is 9.59 Å². The summed E-state index contributed by atoms with van der Waals surface area (Å²) in [4.78, 5) is 26.9. The number of nitrogens with one attached hydrogen (secondary N) is 1. The maximum absolute atomic E-state index is 12.7. The molecule has 0 bridgehead atoms. The lowest BCUT2D eigenvalue weighted by molar-refractivity contribution is -0.134. The molecule has 0 radical (unpaired) electrons. The highest BCUT2D eigenvalue weighted by atomic mass is 32.2. The molecule has 8 nitrogen and oxygen atoms in total. The van der Waals surface area contributed by atoms with Gasteiger partial charge in [-0.15, -0.1) is 0 Å². The fourth-order valence-electron chi connectivity index (χ4n) is 4.06. The summed E-state index contributed by atoms with van der Waals surface area (Å²) in [5, 5.41) is 3.00. The molecule has 0 unspecified atom stereocenters.